The lowest BCUT2D eigenvalue weighted by Crippen LogP contribution is -2.20. The third-order valence-electron chi connectivity index (χ3n) is 4.85. The third-order valence-corrected chi connectivity index (χ3v) is 7.50. The van der Waals surface area contributed by atoms with Crippen molar-refractivity contribution < 1.29 is 13.8 Å². The lowest BCUT2D eigenvalue weighted by Gasteiger charge is -2.30. The highest BCUT2D eigenvalue weighted by Crippen LogP contribution is 2.59. The Kier molecular flexibility index (Phi) is 6.63. The normalized spacial score (nSPS) is 13.9. The molecule has 0 fully saturated rings. The van der Waals surface area contributed by atoms with E-state index >= 15 is 0 Å². The van der Waals surface area contributed by atoms with Crippen molar-refractivity contribution >= 4 is 24.0 Å². The monoisotopic (exact) mass is 410 g/mol. The quantitative estimate of drug-likeness (QED) is 0.522. The summed E-state index contributed by atoms with van der Waals surface area (Å²) in [7, 11) is 3.70. The molecule has 0 amide bonds. The lowest BCUT2D eigenvalue weighted by atomic mass is 10.2. The zero-order valence-corrected chi connectivity index (χ0v) is 18.1. The van der Waals surface area contributed by atoms with Gasteiger partial charge < -0.3 is 19.5 Å². The predicted octanol–water partition coefficient (Wildman–Crippen LogP) is 5.12. The summed E-state index contributed by atoms with van der Waals surface area (Å²) in [6.45, 7) is 0. The molecule has 0 bridgehead atoms. The number of methoxy groups -OCH3 is 1. The van der Waals surface area contributed by atoms with E-state index in [0.717, 1.165) is 16.9 Å². The van der Waals surface area contributed by atoms with E-state index < -0.39 is 13.2 Å². The Morgan fingerprint density at radius 2 is 1.48 bits per heavy atom. The molecule has 29 heavy (non-hydrogen) atoms. The SMILES string of the molecule is COc1ccccc1[C@H](Nc1ccccc1)[P@](=O)(OC)c1ccc(N(C)C)cc1. The molecule has 0 aliphatic rings. The number of nitrogens with zero attached hydrogens (tertiary/aromatic N) is 1. The number of anilines is 2. The first-order valence-corrected chi connectivity index (χ1v) is 11.1. The molecule has 0 heterocycles. The largest absolute Gasteiger partial charge is 0.496 e. The van der Waals surface area contributed by atoms with Crippen molar-refractivity contribution in [2.45, 2.75) is 5.78 Å². The average Bonchev–Trinajstić information content (AvgIpc) is 2.77. The second kappa shape index (κ2) is 9.17. The van der Waals surface area contributed by atoms with Crippen molar-refractivity contribution in [3.63, 3.8) is 0 Å². The Bertz CT molecular complexity index is 975. The Hall–Kier alpha value is -2.75. The molecule has 6 heteroatoms. The molecule has 0 aliphatic heterocycles. The summed E-state index contributed by atoms with van der Waals surface area (Å²) in [6, 6.07) is 24.9. The molecule has 0 saturated carbocycles. The number of ether oxygens (including phenoxy) is 1. The molecule has 3 rings (SSSR count). The molecular weight excluding hydrogens is 383 g/mol. The molecule has 0 radical (unpaired) electrons. The second-order valence-electron chi connectivity index (χ2n) is 6.85. The van der Waals surface area contributed by atoms with Gasteiger partial charge in [-0.2, -0.15) is 0 Å². The molecule has 1 N–H and O–H groups in total. The van der Waals surface area contributed by atoms with Crippen molar-refractivity contribution in [3.8, 4) is 5.75 Å². The first kappa shape index (κ1) is 21.0. The molecule has 5 nitrogen and oxygen atoms in total. The summed E-state index contributed by atoms with van der Waals surface area (Å²) in [5.41, 5.74) is 2.66. The van der Waals surface area contributed by atoms with Crippen LogP contribution in [0.2, 0.25) is 0 Å². The third kappa shape index (κ3) is 4.47. The van der Waals surface area contributed by atoms with Crippen LogP contribution in [0.15, 0.2) is 78.9 Å². The van der Waals surface area contributed by atoms with E-state index in [2.05, 4.69) is 5.32 Å². The van der Waals surface area contributed by atoms with Gasteiger partial charge in [-0.25, -0.2) is 0 Å². The molecule has 0 saturated heterocycles. The van der Waals surface area contributed by atoms with Gasteiger partial charge in [-0.3, -0.25) is 4.57 Å². The van der Waals surface area contributed by atoms with Crippen LogP contribution < -0.4 is 20.3 Å². The van der Waals surface area contributed by atoms with Gasteiger partial charge in [-0.1, -0.05) is 36.4 Å². The van der Waals surface area contributed by atoms with Gasteiger partial charge in [-0.05, 0) is 42.5 Å². The van der Waals surface area contributed by atoms with E-state index in [0.29, 0.717) is 11.1 Å². The molecule has 3 aromatic rings. The number of rotatable bonds is 8. The minimum absolute atomic E-state index is 0.615. The number of hydrogen-bond donors (Lipinski definition) is 1. The maximum Gasteiger partial charge on any atom is 0.257 e. The molecule has 0 aliphatic carbocycles. The van der Waals surface area contributed by atoms with Crippen LogP contribution in [-0.4, -0.2) is 28.3 Å². The van der Waals surface area contributed by atoms with Crippen LogP contribution in [-0.2, 0) is 9.09 Å². The van der Waals surface area contributed by atoms with E-state index in [1.165, 1.54) is 7.11 Å². The summed E-state index contributed by atoms with van der Waals surface area (Å²) in [6.07, 6.45) is 0. The van der Waals surface area contributed by atoms with Gasteiger partial charge >= 0.3 is 0 Å². The summed E-state index contributed by atoms with van der Waals surface area (Å²) < 4.78 is 25.6. The summed E-state index contributed by atoms with van der Waals surface area (Å²) >= 11 is 0. The molecule has 0 unspecified atom stereocenters. The van der Waals surface area contributed by atoms with Crippen LogP contribution in [0, 0.1) is 0 Å². The van der Waals surface area contributed by atoms with Gasteiger partial charge in [0, 0.05) is 43.4 Å². The van der Waals surface area contributed by atoms with Gasteiger partial charge in [0.1, 0.15) is 11.5 Å². The van der Waals surface area contributed by atoms with Gasteiger partial charge in [0.15, 0.2) is 0 Å². The van der Waals surface area contributed by atoms with Crippen LogP contribution in [0.25, 0.3) is 0 Å². The van der Waals surface area contributed by atoms with Crippen LogP contribution in [0.1, 0.15) is 11.3 Å². The van der Waals surface area contributed by atoms with Gasteiger partial charge in [0.25, 0.3) is 7.37 Å². The topological polar surface area (TPSA) is 50.8 Å². The van der Waals surface area contributed by atoms with E-state index in [4.69, 9.17) is 9.26 Å². The summed E-state index contributed by atoms with van der Waals surface area (Å²) in [5, 5.41) is 4.06. The molecule has 2 atom stereocenters. The lowest BCUT2D eigenvalue weighted by molar-refractivity contribution is 0.389. The first-order valence-electron chi connectivity index (χ1n) is 9.37. The highest BCUT2D eigenvalue weighted by atomic mass is 31.2. The number of nitrogens with one attached hydrogen (secondary N) is 1. The minimum atomic E-state index is -3.35. The average molecular weight is 410 g/mol. The minimum Gasteiger partial charge on any atom is -0.496 e. The predicted molar refractivity (Wildman–Crippen MR) is 121 cm³/mol. The fourth-order valence-corrected chi connectivity index (χ4v) is 5.43. The number of para-hydroxylation sites is 2. The van der Waals surface area contributed by atoms with Gasteiger partial charge in [-0.15, -0.1) is 0 Å². The standard InChI is InChI=1S/C23H27N2O3P/c1-25(2)19-14-16-20(17-15-19)29(26,28-4)23(24-18-10-6-5-7-11-18)21-12-8-9-13-22(21)27-3/h5-17,23-24H,1-4H3/t23-,29-/m1/s1. The Balaban J connectivity index is 2.12. The molecule has 0 spiro atoms. The van der Waals surface area contributed by atoms with Crippen LogP contribution >= 0.6 is 7.37 Å². The fourth-order valence-electron chi connectivity index (χ4n) is 3.25. The van der Waals surface area contributed by atoms with E-state index in [1.807, 2.05) is 97.9 Å². The maximum absolute atomic E-state index is 14.3. The highest BCUT2D eigenvalue weighted by Gasteiger charge is 2.38. The molecule has 0 aromatic heterocycles. The number of hydrogen-bond acceptors (Lipinski definition) is 5. The van der Waals surface area contributed by atoms with E-state index in [9.17, 15) is 4.57 Å². The number of benzene rings is 3. The van der Waals surface area contributed by atoms with Crippen LogP contribution in [0.4, 0.5) is 11.4 Å². The van der Waals surface area contributed by atoms with Gasteiger partial charge in [0.2, 0.25) is 0 Å². The second-order valence-corrected chi connectivity index (χ2v) is 9.44. The van der Waals surface area contributed by atoms with Crippen LogP contribution in [0.3, 0.4) is 0 Å². The fraction of sp³-hybridized carbons (Fsp3) is 0.217. The zero-order valence-electron chi connectivity index (χ0n) is 17.2. The van der Waals surface area contributed by atoms with Crippen molar-refractivity contribution in [1.82, 2.24) is 0 Å². The summed E-state index contributed by atoms with van der Waals surface area (Å²) in [5.74, 6) is 0.0411. The Labute approximate surface area is 172 Å². The first-order chi connectivity index (χ1) is 14.0. The maximum atomic E-state index is 14.3. The highest BCUT2D eigenvalue weighted by molar-refractivity contribution is 7.67. The Morgan fingerprint density at radius 3 is 2.07 bits per heavy atom. The van der Waals surface area contributed by atoms with Crippen molar-refractivity contribution in [1.29, 1.82) is 0 Å². The van der Waals surface area contributed by atoms with Crippen molar-refractivity contribution in [3.05, 3.63) is 84.4 Å². The smallest absolute Gasteiger partial charge is 0.257 e. The molecule has 3 aromatic carbocycles. The molecular formula is C23H27N2O3P. The van der Waals surface area contributed by atoms with Crippen molar-refractivity contribution in [2.24, 2.45) is 0 Å². The van der Waals surface area contributed by atoms with Crippen LogP contribution in [0.5, 0.6) is 5.75 Å². The van der Waals surface area contributed by atoms with Gasteiger partial charge in [0.05, 0.1) is 7.11 Å². The van der Waals surface area contributed by atoms with E-state index in [1.54, 1.807) is 7.11 Å². The van der Waals surface area contributed by atoms with E-state index in [-0.39, 0.29) is 0 Å². The summed E-state index contributed by atoms with van der Waals surface area (Å²) in [4.78, 5) is 2.00. The Morgan fingerprint density at radius 1 is 0.862 bits per heavy atom. The van der Waals surface area contributed by atoms with Crippen molar-refractivity contribution in [2.75, 3.05) is 38.5 Å². The zero-order chi connectivity index (χ0) is 20.9. The molecule has 152 valence electrons.